The first-order chi connectivity index (χ1) is 9.54. The van der Waals surface area contributed by atoms with Crippen LogP contribution in [-0.2, 0) is 0 Å². The molecule has 0 heterocycles. The van der Waals surface area contributed by atoms with Crippen LogP contribution in [0.1, 0.15) is 54.4 Å². The van der Waals surface area contributed by atoms with E-state index in [0.717, 1.165) is 25.9 Å². The molecular weight excluding hydrogens is 252 g/mol. The molecule has 20 heavy (non-hydrogen) atoms. The number of hydrogen-bond donors (Lipinski definition) is 0. The van der Waals surface area contributed by atoms with Gasteiger partial charge in [0.05, 0.1) is 0 Å². The van der Waals surface area contributed by atoms with Gasteiger partial charge in [0.15, 0.2) is 0 Å². The van der Waals surface area contributed by atoms with E-state index in [1.54, 1.807) is 0 Å². The van der Waals surface area contributed by atoms with Crippen LogP contribution in [0.5, 0.6) is 0 Å². The summed E-state index contributed by atoms with van der Waals surface area (Å²) in [5.74, 6) is 0. The smallest absolute Gasteiger partial charge is 0.253 e. The molecule has 0 aliphatic rings. The third-order valence-corrected chi connectivity index (χ3v) is 2.95. The molecule has 0 bridgehead atoms. The summed E-state index contributed by atoms with van der Waals surface area (Å²) < 4.78 is 0. The van der Waals surface area contributed by atoms with Gasteiger partial charge in [0.1, 0.15) is 11.4 Å². The summed E-state index contributed by atoms with van der Waals surface area (Å²) in [4.78, 5) is 26.7. The van der Waals surface area contributed by atoms with Crippen molar-refractivity contribution < 1.29 is 0 Å². The fraction of sp³-hybridized carbons (Fsp3) is 0.750. The Labute approximate surface area is 124 Å². The van der Waals surface area contributed by atoms with Crippen molar-refractivity contribution in [2.45, 2.75) is 54.4 Å². The van der Waals surface area contributed by atoms with Gasteiger partial charge in [-0.2, -0.15) is 0 Å². The van der Waals surface area contributed by atoms with Crippen LogP contribution >= 0.6 is 0 Å². The van der Waals surface area contributed by atoms with Crippen LogP contribution in [0, 0.1) is 0 Å². The van der Waals surface area contributed by atoms with Gasteiger partial charge in [-0.25, -0.2) is 0 Å². The molecule has 1 aromatic carbocycles. The molecule has 0 amide bonds. The summed E-state index contributed by atoms with van der Waals surface area (Å²) in [6.45, 7) is 13.6. The molecule has 0 unspecified atom stereocenters. The van der Waals surface area contributed by atoms with Gasteiger partial charge in [0.25, 0.3) is 10.9 Å². The van der Waals surface area contributed by atoms with Gasteiger partial charge < -0.3 is 9.80 Å². The van der Waals surface area contributed by atoms with E-state index in [0.29, 0.717) is 11.4 Å². The van der Waals surface area contributed by atoms with Crippen LogP contribution in [0.4, 0.5) is 11.4 Å². The second-order valence-corrected chi connectivity index (χ2v) is 4.14. The molecule has 118 valence electrons. The molecule has 0 radical (unpaired) electrons. The zero-order valence-corrected chi connectivity index (χ0v) is 14.5. The van der Waals surface area contributed by atoms with Crippen LogP contribution < -0.4 is 20.7 Å². The molecule has 4 nitrogen and oxygen atoms in total. The van der Waals surface area contributed by atoms with Gasteiger partial charge in [0.2, 0.25) is 0 Å². The predicted molar refractivity (Wildman–Crippen MR) is 91.2 cm³/mol. The SMILES string of the molecule is CC.CC.CCCCN(C)c1c(N(C)CC)c(=O)c1=O. The van der Waals surface area contributed by atoms with Crippen molar-refractivity contribution >= 4 is 11.4 Å². The molecule has 0 fully saturated rings. The van der Waals surface area contributed by atoms with Crippen molar-refractivity contribution in [2.24, 2.45) is 0 Å². The zero-order valence-electron chi connectivity index (χ0n) is 14.5. The average molecular weight is 284 g/mol. The Hall–Kier alpha value is -1.32. The van der Waals surface area contributed by atoms with Gasteiger partial charge in [-0.3, -0.25) is 9.59 Å². The second-order valence-electron chi connectivity index (χ2n) is 4.14. The summed E-state index contributed by atoms with van der Waals surface area (Å²) in [5, 5.41) is 0. The highest BCUT2D eigenvalue weighted by molar-refractivity contribution is 5.75. The molecule has 0 aliphatic heterocycles. The van der Waals surface area contributed by atoms with Crippen molar-refractivity contribution in [1.29, 1.82) is 0 Å². The highest BCUT2D eigenvalue weighted by Crippen LogP contribution is 2.22. The van der Waals surface area contributed by atoms with Crippen LogP contribution in [0.3, 0.4) is 0 Å². The van der Waals surface area contributed by atoms with E-state index in [2.05, 4.69) is 6.92 Å². The molecule has 4 heteroatoms. The standard InChI is InChI=1S/C12H20N2O2.2C2H6/c1-5-7-8-14(4)10-9(13(3)6-2)11(15)12(10)16;2*1-2/h5-8H2,1-4H3;2*1-2H3. The molecule has 0 saturated heterocycles. The van der Waals surface area contributed by atoms with Gasteiger partial charge >= 0.3 is 0 Å². The first-order valence-corrected chi connectivity index (χ1v) is 7.80. The Morgan fingerprint density at radius 2 is 1.20 bits per heavy atom. The molecule has 0 aliphatic carbocycles. The monoisotopic (exact) mass is 284 g/mol. The average Bonchev–Trinajstić information content (AvgIpc) is 2.52. The quantitative estimate of drug-likeness (QED) is 0.753. The zero-order chi connectivity index (χ0) is 16.3. The number of hydrogen-bond acceptors (Lipinski definition) is 4. The van der Waals surface area contributed by atoms with Gasteiger partial charge in [0, 0.05) is 27.2 Å². The number of anilines is 2. The molecule has 0 saturated carbocycles. The second kappa shape index (κ2) is 11.5. The minimum atomic E-state index is -0.345. The van der Waals surface area contributed by atoms with E-state index in [1.165, 1.54) is 0 Å². The first-order valence-electron chi connectivity index (χ1n) is 7.80. The third-order valence-electron chi connectivity index (χ3n) is 2.95. The first kappa shape index (κ1) is 21.0. The lowest BCUT2D eigenvalue weighted by Gasteiger charge is -2.27. The highest BCUT2D eigenvalue weighted by atomic mass is 16.2. The molecule has 0 N–H and O–H groups in total. The van der Waals surface area contributed by atoms with Crippen molar-refractivity contribution in [3.8, 4) is 0 Å². The Balaban J connectivity index is 0. The Morgan fingerprint density at radius 1 is 0.800 bits per heavy atom. The lowest BCUT2D eigenvalue weighted by Crippen LogP contribution is -2.44. The molecule has 0 aromatic heterocycles. The molecular formula is C16H32N2O2. The van der Waals surface area contributed by atoms with E-state index in [-0.39, 0.29) is 10.9 Å². The van der Waals surface area contributed by atoms with Crippen molar-refractivity contribution in [1.82, 2.24) is 0 Å². The van der Waals surface area contributed by atoms with E-state index in [4.69, 9.17) is 0 Å². The van der Waals surface area contributed by atoms with Crippen molar-refractivity contribution in [2.75, 3.05) is 37.0 Å². The van der Waals surface area contributed by atoms with Crippen molar-refractivity contribution in [3.63, 3.8) is 0 Å². The Kier molecular flexibility index (Phi) is 12.1. The van der Waals surface area contributed by atoms with Gasteiger partial charge in [-0.1, -0.05) is 41.0 Å². The molecule has 1 aromatic rings. The minimum Gasteiger partial charge on any atom is -0.370 e. The largest absolute Gasteiger partial charge is 0.370 e. The minimum absolute atomic E-state index is 0.339. The van der Waals surface area contributed by atoms with E-state index in [9.17, 15) is 9.59 Å². The molecule has 1 rings (SSSR count). The molecule has 0 atom stereocenters. The maximum absolute atomic E-state index is 11.5. The van der Waals surface area contributed by atoms with Crippen LogP contribution in [0.2, 0.25) is 0 Å². The fourth-order valence-corrected chi connectivity index (χ4v) is 1.74. The Bertz CT molecular complexity index is 420. The van der Waals surface area contributed by atoms with Gasteiger partial charge in [-0.15, -0.1) is 0 Å². The van der Waals surface area contributed by atoms with Crippen LogP contribution in [0.15, 0.2) is 9.59 Å². The van der Waals surface area contributed by atoms with Crippen LogP contribution in [0.25, 0.3) is 0 Å². The maximum atomic E-state index is 11.5. The summed E-state index contributed by atoms with van der Waals surface area (Å²) in [6.07, 6.45) is 2.11. The Morgan fingerprint density at radius 3 is 1.55 bits per heavy atom. The summed E-state index contributed by atoms with van der Waals surface area (Å²) in [7, 11) is 3.71. The number of unbranched alkanes of at least 4 members (excludes halogenated alkanes) is 1. The predicted octanol–water partition coefficient (Wildman–Crippen LogP) is 3.03. The third kappa shape index (κ3) is 4.99. The normalized spacial score (nSPS) is 9.20. The summed E-state index contributed by atoms with van der Waals surface area (Å²) in [6, 6.07) is 0. The maximum Gasteiger partial charge on any atom is 0.253 e. The van der Waals surface area contributed by atoms with E-state index in [1.807, 2.05) is 58.5 Å². The van der Waals surface area contributed by atoms with E-state index < -0.39 is 0 Å². The van der Waals surface area contributed by atoms with Crippen molar-refractivity contribution in [3.05, 3.63) is 20.4 Å². The number of nitrogens with zero attached hydrogens (tertiary/aromatic N) is 2. The van der Waals surface area contributed by atoms with Gasteiger partial charge in [-0.05, 0) is 13.3 Å². The lowest BCUT2D eigenvalue weighted by atomic mass is 10.1. The summed E-state index contributed by atoms with van der Waals surface area (Å²) in [5.41, 5.74) is 0.477. The highest BCUT2D eigenvalue weighted by Gasteiger charge is 2.25. The number of rotatable bonds is 6. The van der Waals surface area contributed by atoms with E-state index >= 15 is 0 Å². The fourth-order valence-electron chi connectivity index (χ4n) is 1.74. The topological polar surface area (TPSA) is 40.6 Å². The molecule has 0 spiro atoms. The summed E-state index contributed by atoms with van der Waals surface area (Å²) >= 11 is 0. The lowest BCUT2D eigenvalue weighted by molar-refractivity contribution is 0.760. The van der Waals surface area contributed by atoms with Crippen LogP contribution in [-0.4, -0.2) is 27.2 Å².